The molecule has 4 heteroatoms. The number of unbranched alkanes of at least 4 members (excludes halogenated alkanes) is 2. The average molecular weight is 308 g/mol. The second-order valence-corrected chi connectivity index (χ2v) is 6.28. The van der Waals surface area contributed by atoms with Crippen LogP contribution in [0.25, 0.3) is 5.47 Å². The van der Waals surface area contributed by atoms with Crippen molar-refractivity contribution in [3.05, 3.63) is 41.1 Å². The topological polar surface area (TPSA) is 50.7 Å². The highest BCUT2D eigenvalue weighted by molar-refractivity contribution is 6.85. The van der Waals surface area contributed by atoms with Gasteiger partial charge in [0.05, 0.1) is 12.4 Å². The molecule has 2 rings (SSSR count). The van der Waals surface area contributed by atoms with E-state index in [0.717, 1.165) is 18.0 Å². The molecule has 0 aliphatic carbocycles. The number of aliphatic imine (C=N–C) groups is 2. The first-order valence-electron chi connectivity index (χ1n) is 8.59. The number of hydrogen-bond acceptors (Lipinski definition) is 2. The van der Waals surface area contributed by atoms with Crippen LogP contribution in [0, 0.1) is 5.92 Å². The van der Waals surface area contributed by atoms with Gasteiger partial charge in [0, 0.05) is 11.6 Å². The molecule has 1 heterocycles. The molecule has 1 aliphatic rings. The van der Waals surface area contributed by atoms with Crippen LogP contribution in [0.4, 0.5) is 0 Å². The predicted molar refractivity (Wildman–Crippen MR) is 102 cm³/mol. The first-order chi connectivity index (χ1) is 11.1. The van der Waals surface area contributed by atoms with Crippen molar-refractivity contribution in [2.24, 2.45) is 21.6 Å². The summed E-state index contributed by atoms with van der Waals surface area (Å²) in [6, 6.07) is 8.52. The van der Waals surface area contributed by atoms with Gasteiger partial charge in [-0.1, -0.05) is 62.8 Å². The molecule has 0 saturated carbocycles. The van der Waals surface area contributed by atoms with Crippen LogP contribution in [0.2, 0.25) is 0 Å². The molecule has 0 amide bonds. The maximum atomic E-state index is 6.12. The van der Waals surface area contributed by atoms with Crippen LogP contribution in [0.15, 0.2) is 39.9 Å². The summed E-state index contributed by atoms with van der Waals surface area (Å²) in [6.07, 6.45) is 6.73. The van der Waals surface area contributed by atoms with E-state index >= 15 is 0 Å². The normalized spacial score (nSPS) is 15.9. The average Bonchev–Trinajstić information content (AvgIpc) is 2.99. The van der Waals surface area contributed by atoms with Crippen molar-refractivity contribution in [1.82, 2.24) is 0 Å². The van der Waals surface area contributed by atoms with Gasteiger partial charge in [0.25, 0.3) is 0 Å². The summed E-state index contributed by atoms with van der Waals surface area (Å²) in [7, 11) is 2.05. The van der Waals surface area contributed by atoms with Gasteiger partial charge in [-0.05, 0) is 30.6 Å². The first kappa shape index (κ1) is 17.5. The molecular formula is C19H27BN3. The van der Waals surface area contributed by atoms with Gasteiger partial charge in [-0.2, -0.15) is 0 Å². The molecule has 0 bridgehead atoms. The Morgan fingerprint density at radius 1 is 1.26 bits per heavy atom. The fourth-order valence-electron chi connectivity index (χ4n) is 2.70. The zero-order valence-electron chi connectivity index (χ0n) is 14.5. The number of hydrogen-bond donors (Lipinski definition) is 1. The van der Waals surface area contributed by atoms with Gasteiger partial charge in [0.2, 0.25) is 7.28 Å². The summed E-state index contributed by atoms with van der Waals surface area (Å²) in [5.41, 5.74) is 10.8. The third kappa shape index (κ3) is 5.09. The first-order valence-corrected chi connectivity index (χ1v) is 8.59. The number of amidine groups is 1. The maximum Gasteiger partial charge on any atom is 0.209 e. The molecule has 2 N–H and O–H groups in total. The fourth-order valence-corrected chi connectivity index (χ4v) is 2.70. The Labute approximate surface area is 141 Å². The Bertz CT molecular complexity index is 600. The maximum absolute atomic E-state index is 6.12. The van der Waals surface area contributed by atoms with Crippen LogP contribution in [0.1, 0.15) is 57.6 Å². The molecule has 23 heavy (non-hydrogen) atoms. The lowest BCUT2D eigenvalue weighted by Gasteiger charge is -2.11. The molecule has 1 unspecified atom stereocenters. The zero-order chi connectivity index (χ0) is 16.7. The minimum absolute atomic E-state index is 0.374. The molecule has 0 spiro atoms. The van der Waals surface area contributed by atoms with Crippen LogP contribution in [-0.2, 0) is 6.54 Å². The molecule has 0 saturated heterocycles. The predicted octanol–water partition coefficient (Wildman–Crippen LogP) is 4.19. The summed E-state index contributed by atoms with van der Waals surface area (Å²) in [4.78, 5) is 8.85. The van der Waals surface area contributed by atoms with E-state index in [1.54, 1.807) is 0 Å². The highest BCUT2D eigenvalue weighted by Gasteiger charge is 2.10. The zero-order valence-corrected chi connectivity index (χ0v) is 14.5. The number of rotatable bonds is 8. The summed E-state index contributed by atoms with van der Waals surface area (Å²) >= 11 is 0. The van der Waals surface area contributed by atoms with Crippen molar-refractivity contribution in [1.29, 1.82) is 0 Å². The van der Waals surface area contributed by atoms with Crippen LogP contribution in [-0.4, -0.2) is 19.2 Å². The highest BCUT2D eigenvalue weighted by atomic mass is 14.9. The van der Waals surface area contributed by atoms with Crippen LogP contribution >= 0.6 is 0 Å². The Morgan fingerprint density at radius 3 is 2.61 bits per heavy atom. The molecule has 0 aromatic heterocycles. The lowest BCUT2D eigenvalue weighted by atomic mass is 9.69. The van der Waals surface area contributed by atoms with Crippen molar-refractivity contribution in [2.45, 2.75) is 53.0 Å². The van der Waals surface area contributed by atoms with E-state index in [4.69, 9.17) is 5.73 Å². The smallest absolute Gasteiger partial charge is 0.209 e. The van der Waals surface area contributed by atoms with Gasteiger partial charge in [-0.15, -0.1) is 0 Å². The second kappa shape index (κ2) is 8.71. The summed E-state index contributed by atoms with van der Waals surface area (Å²) < 4.78 is 0. The van der Waals surface area contributed by atoms with Gasteiger partial charge in [-0.25, -0.2) is 0 Å². The van der Waals surface area contributed by atoms with Crippen LogP contribution in [0.3, 0.4) is 0 Å². The monoisotopic (exact) mass is 308 g/mol. The van der Waals surface area contributed by atoms with E-state index in [0.29, 0.717) is 12.5 Å². The highest BCUT2D eigenvalue weighted by Crippen LogP contribution is 2.22. The Morgan fingerprint density at radius 2 is 2.00 bits per heavy atom. The lowest BCUT2D eigenvalue weighted by Crippen LogP contribution is -2.21. The molecule has 1 aromatic carbocycles. The van der Waals surface area contributed by atoms with Crippen molar-refractivity contribution in [2.75, 3.05) is 0 Å². The number of nitrogens with zero attached hydrogens (tertiary/aromatic N) is 2. The number of allylic oxidation sites excluding steroid dienone is 1. The van der Waals surface area contributed by atoms with Crippen molar-refractivity contribution < 1.29 is 0 Å². The van der Waals surface area contributed by atoms with E-state index in [9.17, 15) is 0 Å². The molecule has 1 radical (unpaired) electrons. The quantitative estimate of drug-likeness (QED) is 0.333. The fraction of sp³-hybridized carbons (Fsp3) is 0.474. The van der Waals surface area contributed by atoms with Gasteiger partial charge in [0.1, 0.15) is 0 Å². The van der Waals surface area contributed by atoms with Crippen LogP contribution < -0.4 is 5.73 Å². The molecular weight excluding hydrogens is 281 g/mol. The standard InChI is InChI=1S/C19H27BN3/c1-4-5-6-7-14(2)19(21)22-12-16-8-10-17(11-9-16)18-15(3)23-13-20-18/h8-11,13-14H,4-7,12H2,1-3H3,(H2,21,22). The third-order valence-electron chi connectivity index (χ3n) is 4.35. The second-order valence-electron chi connectivity index (χ2n) is 6.28. The minimum Gasteiger partial charge on any atom is -0.387 e. The van der Waals surface area contributed by atoms with E-state index in [2.05, 4.69) is 55.4 Å². The van der Waals surface area contributed by atoms with E-state index in [1.165, 1.54) is 35.9 Å². The molecule has 3 nitrogen and oxygen atoms in total. The minimum atomic E-state index is 0.374. The molecule has 1 aliphatic heterocycles. The molecule has 121 valence electrons. The largest absolute Gasteiger partial charge is 0.387 e. The number of nitrogens with two attached hydrogens (primary N) is 1. The lowest BCUT2D eigenvalue weighted by molar-refractivity contribution is 0.593. The van der Waals surface area contributed by atoms with Crippen molar-refractivity contribution >= 4 is 24.7 Å². The van der Waals surface area contributed by atoms with Gasteiger partial charge >= 0.3 is 0 Å². The number of benzene rings is 1. The van der Waals surface area contributed by atoms with E-state index < -0.39 is 0 Å². The van der Waals surface area contributed by atoms with Crippen molar-refractivity contribution in [3.63, 3.8) is 0 Å². The molecule has 1 atom stereocenters. The Kier molecular flexibility index (Phi) is 6.63. The molecule has 1 aromatic rings. The Balaban J connectivity index is 1.90. The summed E-state index contributed by atoms with van der Waals surface area (Å²) in [6.45, 7) is 7.08. The van der Waals surface area contributed by atoms with Crippen LogP contribution in [0.5, 0.6) is 0 Å². The summed E-state index contributed by atoms with van der Waals surface area (Å²) in [5, 5.41) is 0. The molecule has 0 fully saturated rings. The van der Waals surface area contributed by atoms with Crippen molar-refractivity contribution in [3.8, 4) is 0 Å². The Hall–Kier alpha value is -1.84. The van der Waals surface area contributed by atoms with Gasteiger partial charge in [0.15, 0.2) is 0 Å². The summed E-state index contributed by atoms with van der Waals surface area (Å²) in [5.74, 6) is 1.15. The van der Waals surface area contributed by atoms with Gasteiger partial charge in [-0.3, -0.25) is 9.98 Å². The SMILES string of the molecule is CCCCCC(C)C(N)=NCc1ccc(C2=C(C)N=C[B]2)cc1. The third-order valence-corrected chi connectivity index (χ3v) is 4.35. The van der Waals surface area contributed by atoms with Gasteiger partial charge < -0.3 is 5.73 Å². The van der Waals surface area contributed by atoms with E-state index in [1.807, 2.05) is 13.0 Å². The van der Waals surface area contributed by atoms with E-state index in [-0.39, 0.29) is 0 Å².